The van der Waals surface area contributed by atoms with E-state index in [1.54, 1.807) is 0 Å². The van der Waals surface area contributed by atoms with E-state index in [0.29, 0.717) is 0 Å². The van der Waals surface area contributed by atoms with Gasteiger partial charge in [0, 0.05) is 0 Å². The second-order valence-electron chi connectivity index (χ2n) is 20.3. The van der Waals surface area contributed by atoms with Crippen molar-refractivity contribution in [3.05, 3.63) is 184 Å². The molecule has 0 atom stereocenters. The minimum absolute atomic E-state index is 0.146. The number of benzene rings is 7. The maximum absolute atomic E-state index is 2.39. The van der Waals surface area contributed by atoms with Gasteiger partial charge in [-0.3, -0.25) is 0 Å². The van der Waals surface area contributed by atoms with Crippen molar-refractivity contribution in [1.82, 2.24) is 0 Å². The first-order valence-corrected chi connectivity index (χ1v) is 23.7. The van der Waals surface area contributed by atoms with Gasteiger partial charge in [0.05, 0.1) is 0 Å². The first kappa shape index (κ1) is 46.7. The molecule has 7 aromatic carbocycles. The maximum atomic E-state index is 2.39. The first-order chi connectivity index (χ1) is 30.0. The lowest BCUT2D eigenvalue weighted by atomic mass is 9.32. The minimum Gasteiger partial charge on any atom is -0.0629 e. The van der Waals surface area contributed by atoms with Crippen molar-refractivity contribution >= 4 is 46.2 Å². The highest BCUT2D eigenvalue weighted by Crippen LogP contribution is 2.36. The minimum atomic E-state index is 0.146. The molecule has 0 saturated carbocycles. The van der Waals surface area contributed by atoms with E-state index in [2.05, 4.69) is 211 Å². The van der Waals surface area contributed by atoms with Crippen molar-refractivity contribution in [2.75, 3.05) is 0 Å². The zero-order valence-corrected chi connectivity index (χ0v) is 43.1. The van der Waals surface area contributed by atoms with Crippen LogP contribution in [0.15, 0.2) is 72.8 Å². The lowest BCUT2D eigenvalue weighted by molar-refractivity contribution is 1.26. The Kier molecular flexibility index (Phi) is 12.8. The van der Waals surface area contributed by atoms with Crippen LogP contribution in [0.3, 0.4) is 0 Å². The zero-order valence-electron chi connectivity index (χ0n) is 43.1. The molecule has 2 heteroatoms. The lowest BCUT2D eigenvalue weighted by Crippen LogP contribution is -2.57. The van der Waals surface area contributed by atoms with E-state index in [0.717, 1.165) is 0 Å². The highest BCUT2D eigenvalue weighted by Gasteiger charge is 2.35. The Morgan fingerprint density at radius 2 is 0.391 bits per heavy atom. The number of aryl methyl sites for hydroxylation is 12. The van der Waals surface area contributed by atoms with E-state index in [1.807, 2.05) is 0 Å². The standard InChI is InChI=1S/C62H72B2/c1-33-25-37(5)57(38(6)26-33)63(58-39(7)27-34(2)28-40(58)8)61-49(17)45(13)55(46(14)50(61)18)53-21-23-54(24-22-53)56-47(15)51(19)62(52(20)48(56)16)64(59-41(9)29-35(3)30-42(59)10)60-43(11)31-36(4)32-44(60)12/h21-32H,1-20H3. The van der Waals surface area contributed by atoms with Gasteiger partial charge in [0.1, 0.15) is 0 Å². The van der Waals surface area contributed by atoms with E-state index in [9.17, 15) is 0 Å². The third kappa shape index (κ3) is 7.95. The highest BCUT2D eigenvalue weighted by molar-refractivity contribution is 6.97. The molecule has 0 radical (unpaired) electrons. The van der Waals surface area contributed by atoms with Gasteiger partial charge in [0.2, 0.25) is 13.4 Å². The second-order valence-corrected chi connectivity index (χ2v) is 20.3. The van der Waals surface area contributed by atoms with Crippen molar-refractivity contribution in [3.63, 3.8) is 0 Å². The van der Waals surface area contributed by atoms with Crippen LogP contribution < -0.4 is 32.8 Å². The van der Waals surface area contributed by atoms with Gasteiger partial charge in [-0.05, 0) is 183 Å². The summed E-state index contributed by atoms with van der Waals surface area (Å²) >= 11 is 0. The average Bonchev–Trinajstić information content (AvgIpc) is 3.18. The average molecular weight is 839 g/mol. The van der Waals surface area contributed by atoms with Crippen LogP contribution in [-0.2, 0) is 0 Å². The van der Waals surface area contributed by atoms with Gasteiger partial charge in [-0.2, -0.15) is 0 Å². The molecule has 0 heterocycles. The molecule has 7 aromatic rings. The van der Waals surface area contributed by atoms with E-state index in [1.165, 1.54) is 166 Å². The van der Waals surface area contributed by atoms with Crippen LogP contribution in [0.25, 0.3) is 22.3 Å². The molecule has 0 aliphatic carbocycles. The summed E-state index contributed by atoms with van der Waals surface area (Å²) in [7, 11) is 0. The number of rotatable bonds is 8. The SMILES string of the molecule is Cc1cc(C)c(B(c2c(C)cc(C)cc2C)c2c(C)c(C)c(-c3ccc(-c4c(C)c(C)c(B(c5c(C)cc(C)cc5C)c5c(C)cc(C)cc5C)c(C)c4C)cc3)c(C)c2C)c(C)c1. The summed E-state index contributed by atoms with van der Waals surface area (Å²) in [6, 6.07) is 28.6. The molecule has 0 aliphatic rings. The summed E-state index contributed by atoms with van der Waals surface area (Å²) in [5.41, 5.74) is 41.4. The molecule has 0 N–H and O–H groups in total. The fourth-order valence-corrected chi connectivity index (χ4v) is 12.7. The van der Waals surface area contributed by atoms with Crippen LogP contribution >= 0.6 is 0 Å². The van der Waals surface area contributed by atoms with E-state index in [4.69, 9.17) is 0 Å². The smallest absolute Gasteiger partial charge is 0.0629 e. The molecule has 0 aliphatic heterocycles. The van der Waals surface area contributed by atoms with Crippen molar-refractivity contribution in [2.24, 2.45) is 0 Å². The van der Waals surface area contributed by atoms with Gasteiger partial charge in [-0.1, -0.05) is 195 Å². The zero-order chi connectivity index (χ0) is 47.0. The van der Waals surface area contributed by atoms with Gasteiger partial charge in [-0.15, -0.1) is 0 Å². The molecule has 0 bridgehead atoms. The number of hydrogen-bond acceptors (Lipinski definition) is 0. The second kappa shape index (κ2) is 17.6. The van der Waals surface area contributed by atoms with Crippen molar-refractivity contribution in [3.8, 4) is 22.3 Å². The molecule has 7 rings (SSSR count). The highest BCUT2D eigenvalue weighted by atomic mass is 14.2. The summed E-state index contributed by atoms with van der Waals surface area (Å²) < 4.78 is 0. The summed E-state index contributed by atoms with van der Waals surface area (Å²) in [5, 5.41) is 0. The van der Waals surface area contributed by atoms with Crippen molar-refractivity contribution in [2.45, 2.75) is 138 Å². The molecule has 0 spiro atoms. The monoisotopic (exact) mass is 839 g/mol. The van der Waals surface area contributed by atoms with Crippen LogP contribution in [0.2, 0.25) is 0 Å². The molecular formula is C62H72B2. The Balaban J connectivity index is 1.38. The first-order valence-electron chi connectivity index (χ1n) is 23.7. The molecule has 0 nitrogen and oxygen atoms in total. The Morgan fingerprint density at radius 3 is 0.562 bits per heavy atom. The fourth-order valence-electron chi connectivity index (χ4n) is 12.7. The Labute approximate surface area is 389 Å². The molecule has 326 valence electrons. The van der Waals surface area contributed by atoms with E-state index in [-0.39, 0.29) is 13.4 Å². The van der Waals surface area contributed by atoms with E-state index >= 15 is 0 Å². The summed E-state index contributed by atoms with van der Waals surface area (Å²) in [4.78, 5) is 0. The fraction of sp³-hybridized carbons (Fsp3) is 0.323. The predicted molar refractivity (Wildman–Crippen MR) is 287 cm³/mol. The third-order valence-electron chi connectivity index (χ3n) is 15.5. The molecule has 64 heavy (non-hydrogen) atoms. The van der Waals surface area contributed by atoms with Gasteiger partial charge in [0.15, 0.2) is 0 Å². The lowest BCUT2D eigenvalue weighted by Gasteiger charge is -2.30. The van der Waals surface area contributed by atoms with Crippen LogP contribution in [0.1, 0.15) is 111 Å². The largest absolute Gasteiger partial charge is 0.243 e. The summed E-state index contributed by atoms with van der Waals surface area (Å²) in [5.74, 6) is 0. The van der Waals surface area contributed by atoms with Gasteiger partial charge in [-0.25, -0.2) is 0 Å². The van der Waals surface area contributed by atoms with Crippen LogP contribution in [0, 0.1) is 138 Å². The Morgan fingerprint density at radius 1 is 0.219 bits per heavy atom. The van der Waals surface area contributed by atoms with Crippen molar-refractivity contribution in [1.29, 1.82) is 0 Å². The summed E-state index contributed by atoms with van der Waals surface area (Å²) in [6.07, 6.45) is 0. The quantitative estimate of drug-likeness (QED) is 0.134. The molecule has 0 saturated heterocycles. The molecular weight excluding hydrogens is 766 g/mol. The Hall–Kier alpha value is -5.33. The molecule has 0 unspecified atom stereocenters. The van der Waals surface area contributed by atoms with Gasteiger partial charge in [0.25, 0.3) is 0 Å². The third-order valence-corrected chi connectivity index (χ3v) is 15.5. The van der Waals surface area contributed by atoms with Gasteiger partial charge >= 0.3 is 0 Å². The van der Waals surface area contributed by atoms with Crippen LogP contribution in [0.5, 0.6) is 0 Å². The molecule has 0 aromatic heterocycles. The summed E-state index contributed by atoms with van der Waals surface area (Å²) in [6.45, 7) is 46.7. The van der Waals surface area contributed by atoms with Crippen LogP contribution in [-0.4, -0.2) is 13.4 Å². The normalized spacial score (nSPS) is 11.4. The maximum Gasteiger partial charge on any atom is 0.243 e. The van der Waals surface area contributed by atoms with E-state index < -0.39 is 0 Å². The van der Waals surface area contributed by atoms with Gasteiger partial charge < -0.3 is 0 Å². The van der Waals surface area contributed by atoms with Crippen molar-refractivity contribution < 1.29 is 0 Å². The molecule has 0 amide bonds. The van der Waals surface area contributed by atoms with Crippen LogP contribution in [0.4, 0.5) is 0 Å². The topological polar surface area (TPSA) is 0 Å². The number of hydrogen-bond donors (Lipinski definition) is 0. The predicted octanol–water partition coefficient (Wildman–Crippen LogP) is 12.2. The molecule has 0 fully saturated rings. The Bertz CT molecular complexity index is 2550.